The van der Waals surface area contributed by atoms with Gasteiger partial charge >= 0.3 is 0 Å². The van der Waals surface area contributed by atoms with Crippen molar-refractivity contribution >= 4 is 55.1 Å². The molecule has 0 fully saturated rings. The molecule has 0 unspecified atom stereocenters. The van der Waals surface area contributed by atoms with Crippen molar-refractivity contribution in [1.82, 2.24) is 10.2 Å². The highest BCUT2D eigenvalue weighted by Gasteiger charge is 2.33. The summed E-state index contributed by atoms with van der Waals surface area (Å²) in [6.45, 7) is 3.91. The Bertz CT molecular complexity index is 1450. The average Bonchev–Trinajstić information content (AvgIpc) is 2.92. The van der Waals surface area contributed by atoms with Crippen LogP contribution in [0.15, 0.2) is 77.3 Å². The summed E-state index contributed by atoms with van der Waals surface area (Å²) in [6, 6.07) is 20.5. The van der Waals surface area contributed by atoms with Crippen molar-refractivity contribution in [3.63, 3.8) is 0 Å². The Morgan fingerprint density at radius 3 is 2.29 bits per heavy atom. The number of nitrogens with one attached hydrogen (secondary N) is 1. The fraction of sp³-hybridized carbons (Fsp3) is 0.333. The van der Waals surface area contributed by atoms with Gasteiger partial charge in [0.1, 0.15) is 18.3 Å². The minimum absolute atomic E-state index is 0.0785. The molecule has 3 aromatic carbocycles. The molecule has 2 amide bonds. The lowest BCUT2D eigenvalue weighted by molar-refractivity contribution is -0.140. The van der Waals surface area contributed by atoms with Gasteiger partial charge in [0.2, 0.25) is 21.8 Å². The van der Waals surface area contributed by atoms with Crippen LogP contribution in [0.1, 0.15) is 25.0 Å². The zero-order valence-electron chi connectivity index (χ0n) is 23.5. The van der Waals surface area contributed by atoms with E-state index < -0.39 is 28.5 Å². The number of rotatable bonds is 13. The van der Waals surface area contributed by atoms with Crippen LogP contribution in [0.3, 0.4) is 0 Å². The van der Waals surface area contributed by atoms with E-state index in [1.54, 1.807) is 6.07 Å². The first kappa shape index (κ1) is 32.4. The van der Waals surface area contributed by atoms with Gasteiger partial charge in [-0.15, -0.1) is 0 Å². The third kappa shape index (κ3) is 9.48. The molecular weight excluding hydrogens is 630 g/mol. The standard InChI is InChI=1S/C30H35BrClN3O5S/c1-21(2)18-33-30(37)27(16-22-9-6-5-7-10-22)34(19-23-11-8-12-24(31)15-23)29(36)20-35(41(4,38)39)26-17-25(32)13-14-28(26)40-3/h5-15,17,21,27H,16,18-20H2,1-4H3,(H,33,37)/t27-/m0/s1. The lowest BCUT2D eigenvalue weighted by Crippen LogP contribution is -2.53. The third-order valence-corrected chi connectivity index (χ3v) is 8.14. The Balaban J connectivity index is 2.09. The number of methoxy groups -OCH3 is 1. The van der Waals surface area contributed by atoms with Crippen LogP contribution in [-0.4, -0.2) is 57.6 Å². The van der Waals surface area contributed by atoms with E-state index >= 15 is 0 Å². The number of sulfonamides is 1. The zero-order valence-corrected chi connectivity index (χ0v) is 26.7. The molecule has 220 valence electrons. The summed E-state index contributed by atoms with van der Waals surface area (Å²) in [5, 5.41) is 3.25. The van der Waals surface area contributed by atoms with E-state index in [4.69, 9.17) is 16.3 Å². The Kier molecular flexibility index (Phi) is 11.6. The second-order valence-corrected chi connectivity index (χ2v) is 13.3. The van der Waals surface area contributed by atoms with Crippen molar-refractivity contribution < 1.29 is 22.7 Å². The van der Waals surface area contributed by atoms with Gasteiger partial charge in [0, 0.05) is 29.0 Å². The van der Waals surface area contributed by atoms with E-state index in [0.717, 1.165) is 26.2 Å². The van der Waals surface area contributed by atoms with Crippen molar-refractivity contribution in [2.24, 2.45) is 5.92 Å². The molecule has 1 atom stereocenters. The topological polar surface area (TPSA) is 96.0 Å². The predicted molar refractivity (Wildman–Crippen MR) is 167 cm³/mol. The van der Waals surface area contributed by atoms with Crippen LogP contribution in [0.2, 0.25) is 5.02 Å². The van der Waals surface area contributed by atoms with Gasteiger partial charge in [-0.1, -0.05) is 83.8 Å². The third-order valence-electron chi connectivity index (χ3n) is 6.29. The predicted octanol–water partition coefficient (Wildman–Crippen LogP) is 5.29. The number of halogens is 2. The van der Waals surface area contributed by atoms with Gasteiger partial charge < -0.3 is 15.0 Å². The number of ether oxygens (including phenoxy) is 1. The van der Waals surface area contributed by atoms with Gasteiger partial charge in [-0.05, 0) is 47.4 Å². The van der Waals surface area contributed by atoms with Gasteiger partial charge in [0.25, 0.3) is 0 Å². The fourth-order valence-corrected chi connectivity index (χ4v) is 5.72. The molecule has 8 nitrogen and oxygen atoms in total. The summed E-state index contributed by atoms with van der Waals surface area (Å²) < 4.78 is 33.2. The van der Waals surface area contributed by atoms with Crippen molar-refractivity contribution in [3.8, 4) is 5.75 Å². The van der Waals surface area contributed by atoms with Crippen molar-refractivity contribution in [3.05, 3.63) is 93.4 Å². The van der Waals surface area contributed by atoms with Crippen LogP contribution in [0.5, 0.6) is 5.75 Å². The summed E-state index contributed by atoms with van der Waals surface area (Å²) in [7, 11) is -2.56. The van der Waals surface area contributed by atoms with Gasteiger partial charge in [-0.25, -0.2) is 8.42 Å². The number of hydrogen-bond acceptors (Lipinski definition) is 5. The summed E-state index contributed by atoms with van der Waals surface area (Å²) in [4.78, 5) is 29.3. The van der Waals surface area contributed by atoms with Gasteiger partial charge in [-0.3, -0.25) is 13.9 Å². The Hall–Kier alpha value is -3.08. The van der Waals surface area contributed by atoms with E-state index in [1.165, 1.54) is 24.1 Å². The van der Waals surface area contributed by atoms with Crippen molar-refractivity contribution in [2.45, 2.75) is 32.9 Å². The number of nitrogens with zero attached hydrogens (tertiary/aromatic N) is 2. The van der Waals surface area contributed by atoms with Crippen LogP contribution in [-0.2, 0) is 32.6 Å². The molecule has 0 radical (unpaired) electrons. The minimum Gasteiger partial charge on any atom is -0.495 e. The minimum atomic E-state index is -3.96. The molecule has 0 bridgehead atoms. The smallest absolute Gasteiger partial charge is 0.244 e. The van der Waals surface area contributed by atoms with Gasteiger partial charge in [0.05, 0.1) is 19.1 Å². The molecule has 0 aromatic heterocycles. The van der Waals surface area contributed by atoms with Crippen LogP contribution < -0.4 is 14.4 Å². The maximum atomic E-state index is 14.2. The molecule has 0 aliphatic carbocycles. The normalized spacial score (nSPS) is 12.1. The van der Waals surface area contributed by atoms with Crippen LogP contribution in [0.25, 0.3) is 0 Å². The van der Waals surface area contributed by atoms with Gasteiger partial charge in [-0.2, -0.15) is 0 Å². The number of benzene rings is 3. The maximum Gasteiger partial charge on any atom is 0.244 e. The molecule has 0 saturated heterocycles. The monoisotopic (exact) mass is 663 g/mol. The first-order valence-electron chi connectivity index (χ1n) is 13.1. The Labute approximate surface area is 255 Å². The average molecular weight is 665 g/mol. The zero-order chi connectivity index (χ0) is 30.2. The van der Waals surface area contributed by atoms with Crippen molar-refractivity contribution in [1.29, 1.82) is 0 Å². The fourth-order valence-electron chi connectivity index (χ4n) is 4.26. The molecule has 0 aliphatic heterocycles. The molecule has 3 aromatic rings. The van der Waals surface area contributed by atoms with E-state index in [2.05, 4.69) is 21.2 Å². The summed E-state index contributed by atoms with van der Waals surface area (Å²) in [5.74, 6) is -0.446. The molecule has 3 rings (SSSR count). The number of carbonyl (C=O) groups is 2. The van der Waals surface area contributed by atoms with Crippen LogP contribution in [0.4, 0.5) is 5.69 Å². The van der Waals surface area contributed by atoms with Crippen LogP contribution in [0, 0.1) is 5.92 Å². The van der Waals surface area contributed by atoms with Crippen molar-refractivity contribution in [2.75, 3.05) is 30.8 Å². The number of amides is 2. The lowest BCUT2D eigenvalue weighted by Gasteiger charge is -2.34. The number of anilines is 1. The SMILES string of the molecule is COc1ccc(Cl)cc1N(CC(=O)N(Cc1cccc(Br)c1)[C@@H](Cc1ccccc1)C(=O)NCC(C)C)S(C)(=O)=O. The molecule has 1 N–H and O–H groups in total. The molecule has 0 saturated carbocycles. The quantitative estimate of drug-likeness (QED) is 0.268. The van der Waals surface area contributed by atoms with E-state index in [0.29, 0.717) is 6.54 Å². The first-order chi connectivity index (χ1) is 19.4. The maximum absolute atomic E-state index is 14.2. The molecule has 0 heterocycles. The second-order valence-electron chi connectivity index (χ2n) is 10.1. The second kappa shape index (κ2) is 14.7. The molecule has 0 spiro atoms. The Morgan fingerprint density at radius 2 is 1.68 bits per heavy atom. The van der Waals surface area contributed by atoms with Gasteiger partial charge in [0.15, 0.2) is 0 Å². The van der Waals surface area contributed by atoms with Crippen LogP contribution >= 0.6 is 27.5 Å². The highest BCUT2D eigenvalue weighted by atomic mass is 79.9. The summed E-state index contributed by atoms with van der Waals surface area (Å²) in [5.41, 5.74) is 1.76. The molecule has 0 aliphatic rings. The summed E-state index contributed by atoms with van der Waals surface area (Å²) in [6.07, 6.45) is 1.25. The first-order valence-corrected chi connectivity index (χ1v) is 16.1. The van der Waals surface area contributed by atoms with E-state index in [1.807, 2.05) is 68.4 Å². The number of carbonyl (C=O) groups excluding carboxylic acids is 2. The highest BCUT2D eigenvalue weighted by molar-refractivity contribution is 9.10. The Morgan fingerprint density at radius 1 is 1.00 bits per heavy atom. The lowest BCUT2D eigenvalue weighted by atomic mass is 10.0. The molecule has 41 heavy (non-hydrogen) atoms. The molecule has 11 heteroatoms. The number of hydrogen-bond donors (Lipinski definition) is 1. The highest BCUT2D eigenvalue weighted by Crippen LogP contribution is 2.33. The summed E-state index contributed by atoms with van der Waals surface area (Å²) >= 11 is 9.67. The molecular formula is C30H35BrClN3O5S. The largest absolute Gasteiger partial charge is 0.495 e. The van der Waals surface area contributed by atoms with E-state index in [-0.39, 0.29) is 41.3 Å². The van der Waals surface area contributed by atoms with E-state index in [9.17, 15) is 18.0 Å².